The highest BCUT2D eigenvalue weighted by Gasteiger charge is 2.12. The molecule has 0 saturated heterocycles. The van der Waals surface area contributed by atoms with E-state index >= 15 is 0 Å². The van der Waals surface area contributed by atoms with Gasteiger partial charge >= 0.3 is 0 Å². The van der Waals surface area contributed by atoms with Gasteiger partial charge in [0, 0.05) is 11.9 Å². The molecule has 6 heteroatoms. The molecule has 2 aromatic rings. The van der Waals surface area contributed by atoms with E-state index in [2.05, 4.69) is 10.3 Å². The summed E-state index contributed by atoms with van der Waals surface area (Å²) in [5.41, 5.74) is 6.48. The van der Waals surface area contributed by atoms with Gasteiger partial charge in [-0.2, -0.15) is 0 Å². The van der Waals surface area contributed by atoms with Gasteiger partial charge in [0.15, 0.2) is 5.13 Å². The minimum Gasteiger partial charge on any atom is -0.387 e. The van der Waals surface area contributed by atoms with Crippen molar-refractivity contribution in [3.05, 3.63) is 47.0 Å². The maximum atomic E-state index is 11.7. The number of aromatic nitrogens is 1. The second-order valence-electron chi connectivity index (χ2n) is 3.71. The van der Waals surface area contributed by atoms with Gasteiger partial charge in [0.05, 0.1) is 6.10 Å². The lowest BCUT2D eigenvalue weighted by Gasteiger charge is -2.11. The number of amides is 1. The molecule has 1 amide bonds. The van der Waals surface area contributed by atoms with Gasteiger partial charge in [0.2, 0.25) is 0 Å². The average Bonchev–Trinajstić information content (AvgIpc) is 2.83. The van der Waals surface area contributed by atoms with Crippen LogP contribution in [-0.4, -0.2) is 22.5 Å². The van der Waals surface area contributed by atoms with Crippen LogP contribution >= 0.6 is 11.3 Å². The Morgan fingerprint density at radius 1 is 1.44 bits per heavy atom. The Morgan fingerprint density at radius 2 is 2.17 bits per heavy atom. The summed E-state index contributed by atoms with van der Waals surface area (Å²) in [5, 5.41) is 14.4. The molecule has 1 atom stereocenters. The van der Waals surface area contributed by atoms with E-state index in [0.717, 1.165) is 5.56 Å². The van der Waals surface area contributed by atoms with E-state index in [1.165, 1.54) is 11.3 Å². The van der Waals surface area contributed by atoms with E-state index in [1.807, 2.05) is 18.2 Å². The van der Waals surface area contributed by atoms with Crippen molar-refractivity contribution in [2.75, 3.05) is 12.3 Å². The Hall–Kier alpha value is -1.92. The number of nitrogen functional groups attached to an aromatic ring is 1. The van der Waals surface area contributed by atoms with Crippen LogP contribution in [0.1, 0.15) is 22.2 Å². The molecule has 0 radical (unpaired) electrons. The predicted octanol–water partition coefficient (Wildman–Crippen LogP) is 1.19. The molecular weight excluding hydrogens is 250 g/mol. The van der Waals surface area contributed by atoms with E-state index in [0.29, 0.717) is 5.13 Å². The molecular formula is C12H13N3O2S. The number of hydrogen-bond acceptors (Lipinski definition) is 5. The number of thiazole rings is 1. The molecule has 2 rings (SSSR count). The van der Waals surface area contributed by atoms with E-state index < -0.39 is 6.10 Å². The first-order valence-electron chi connectivity index (χ1n) is 5.39. The molecule has 4 N–H and O–H groups in total. The fourth-order valence-corrected chi connectivity index (χ4v) is 2.01. The number of hydrogen-bond donors (Lipinski definition) is 3. The van der Waals surface area contributed by atoms with Crippen molar-refractivity contribution in [2.45, 2.75) is 6.10 Å². The van der Waals surface area contributed by atoms with Crippen molar-refractivity contribution in [2.24, 2.45) is 0 Å². The predicted molar refractivity (Wildman–Crippen MR) is 70.3 cm³/mol. The first kappa shape index (κ1) is 12.5. The molecule has 0 bridgehead atoms. The highest BCUT2D eigenvalue weighted by atomic mass is 32.1. The molecule has 0 aliphatic rings. The molecule has 94 valence electrons. The minimum atomic E-state index is -0.730. The number of rotatable bonds is 4. The highest BCUT2D eigenvalue weighted by molar-refractivity contribution is 7.13. The summed E-state index contributed by atoms with van der Waals surface area (Å²) >= 11 is 1.21. The number of carbonyl (C=O) groups is 1. The van der Waals surface area contributed by atoms with Crippen LogP contribution in [0.2, 0.25) is 0 Å². The summed E-state index contributed by atoms with van der Waals surface area (Å²) in [5.74, 6) is -0.335. The topological polar surface area (TPSA) is 88.2 Å². The zero-order valence-electron chi connectivity index (χ0n) is 9.54. The number of carbonyl (C=O) groups excluding carboxylic acids is 1. The smallest absolute Gasteiger partial charge is 0.270 e. The number of aliphatic hydroxyl groups is 1. The first-order valence-corrected chi connectivity index (χ1v) is 6.27. The Morgan fingerprint density at radius 3 is 2.78 bits per heavy atom. The van der Waals surface area contributed by atoms with Gasteiger partial charge in [-0.3, -0.25) is 4.79 Å². The molecule has 0 saturated carbocycles. The number of nitrogens with two attached hydrogens (primary N) is 1. The lowest BCUT2D eigenvalue weighted by atomic mass is 10.1. The highest BCUT2D eigenvalue weighted by Crippen LogP contribution is 2.12. The van der Waals surface area contributed by atoms with E-state index in [9.17, 15) is 9.90 Å². The Bertz CT molecular complexity index is 527. The van der Waals surface area contributed by atoms with Crippen LogP contribution in [0.4, 0.5) is 5.13 Å². The largest absolute Gasteiger partial charge is 0.387 e. The summed E-state index contributed by atoms with van der Waals surface area (Å²) in [4.78, 5) is 15.5. The third-order valence-electron chi connectivity index (χ3n) is 2.39. The lowest BCUT2D eigenvalue weighted by Crippen LogP contribution is -2.28. The van der Waals surface area contributed by atoms with Crippen molar-refractivity contribution >= 4 is 22.4 Å². The number of anilines is 1. The van der Waals surface area contributed by atoms with Crippen molar-refractivity contribution in [3.8, 4) is 0 Å². The third kappa shape index (κ3) is 3.06. The standard InChI is InChI=1S/C12H13N3O2S/c13-12-15-9(7-18-12)11(17)14-6-10(16)8-4-2-1-3-5-8/h1-5,7,10,16H,6H2,(H2,13,15)(H,14,17). The fraction of sp³-hybridized carbons (Fsp3) is 0.167. The maximum absolute atomic E-state index is 11.7. The molecule has 0 aliphatic heterocycles. The summed E-state index contributed by atoms with van der Waals surface area (Å²) in [6, 6.07) is 9.14. The van der Waals surface area contributed by atoms with Crippen LogP contribution in [0, 0.1) is 0 Å². The van der Waals surface area contributed by atoms with E-state index in [-0.39, 0.29) is 18.1 Å². The minimum absolute atomic E-state index is 0.139. The normalized spacial score (nSPS) is 12.1. The summed E-state index contributed by atoms with van der Waals surface area (Å²) in [7, 11) is 0. The molecule has 1 unspecified atom stereocenters. The summed E-state index contributed by atoms with van der Waals surface area (Å²) < 4.78 is 0. The number of aliphatic hydroxyl groups excluding tert-OH is 1. The fourth-order valence-electron chi connectivity index (χ4n) is 1.46. The Labute approximate surface area is 108 Å². The monoisotopic (exact) mass is 263 g/mol. The average molecular weight is 263 g/mol. The molecule has 1 aromatic carbocycles. The quantitative estimate of drug-likeness (QED) is 0.773. The second-order valence-corrected chi connectivity index (χ2v) is 4.60. The molecule has 1 heterocycles. The third-order valence-corrected chi connectivity index (χ3v) is 3.07. The molecule has 0 aliphatic carbocycles. The van der Waals surface area contributed by atoms with Gasteiger partial charge in [0.25, 0.3) is 5.91 Å². The Kier molecular flexibility index (Phi) is 3.91. The van der Waals surface area contributed by atoms with Gasteiger partial charge in [-0.1, -0.05) is 30.3 Å². The van der Waals surface area contributed by atoms with Crippen molar-refractivity contribution in [1.82, 2.24) is 10.3 Å². The van der Waals surface area contributed by atoms with Crippen molar-refractivity contribution in [1.29, 1.82) is 0 Å². The van der Waals surface area contributed by atoms with Gasteiger partial charge < -0.3 is 16.2 Å². The van der Waals surface area contributed by atoms with Crippen LogP contribution in [0.3, 0.4) is 0 Å². The zero-order valence-corrected chi connectivity index (χ0v) is 10.4. The molecule has 0 spiro atoms. The number of nitrogens with one attached hydrogen (secondary N) is 1. The zero-order chi connectivity index (χ0) is 13.0. The van der Waals surface area contributed by atoms with E-state index in [1.54, 1.807) is 17.5 Å². The van der Waals surface area contributed by atoms with Crippen LogP contribution in [0.15, 0.2) is 35.7 Å². The summed E-state index contributed by atoms with van der Waals surface area (Å²) in [6.07, 6.45) is -0.730. The molecule has 1 aromatic heterocycles. The second kappa shape index (κ2) is 5.61. The molecule has 5 nitrogen and oxygen atoms in total. The maximum Gasteiger partial charge on any atom is 0.270 e. The van der Waals surface area contributed by atoms with Gasteiger partial charge in [-0.15, -0.1) is 11.3 Å². The van der Waals surface area contributed by atoms with Crippen LogP contribution < -0.4 is 11.1 Å². The number of benzene rings is 1. The van der Waals surface area contributed by atoms with Crippen LogP contribution in [0.5, 0.6) is 0 Å². The van der Waals surface area contributed by atoms with Crippen LogP contribution in [-0.2, 0) is 0 Å². The lowest BCUT2D eigenvalue weighted by molar-refractivity contribution is 0.0912. The van der Waals surface area contributed by atoms with Gasteiger partial charge in [-0.05, 0) is 5.56 Å². The summed E-state index contributed by atoms with van der Waals surface area (Å²) in [6.45, 7) is 0.139. The van der Waals surface area contributed by atoms with Crippen molar-refractivity contribution in [3.63, 3.8) is 0 Å². The number of nitrogens with zero attached hydrogens (tertiary/aromatic N) is 1. The van der Waals surface area contributed by atoms with Gasteiger partial charge in [-0.25, -0.2) is 4.98 Å². The SMILES string of the molecule is Nc1nc(C(=O)NCC(O)c2ccccc2)cs1. The molecule has 18 heavy (non-hydrogen) atoms. The van der Waals surface area contributed by atoms with Crippen LogP contribution in [0.25, 0.3) is 0 Å². The first-order chi connectivity index (χ1) is 8.66. The van der Waals surface area contributed by atoms with E-state index in [4.69, 9.17) is 5.73 Å². The van der Waals surface area contributed by atoms with Gasteiger partial charge in [0.1, 0.15) is 5.69 Å². The Balaban J connectivity index is 1.90. The molecule has 0 fully saturated rings. The van der Waals surface area contributed by atoms with Crippen molar-refractivity contribution < 1.29 is 9.90 Å².